The van der Waals surface area contributed by atoms with Crippen LogP contribution in [0.1, 0.15) is 41.7 Å². The molecule has 1 aliphatic rings. The standard InChI is InChI=1S/C28H25NO/c1-20-17-21(2)19-24(18-20)28(16-15-22-11-7-5-8-12-22)26(30)27(3,4)25(29-28)23-13-9-6-10-14-23/h5-14,17-19H,1-4H3. The van der Waals surface area contributed by atoms with Gasteiger partial charge in [0.05, 0.1) is 11.1 Å². The Bertz CT molecular complexity index is 1170. The van der Waals surface area contributed by atoms with Gasteiger partial charge in [0.1, 0.15) is 0 Å². The van der Waals surface area contributed by atoms with E-state index in [-0.39, 0.29) is 5.78 Å². The highest BCUT2D eigenvalue weighted by Gasteiger charge is 2.54. The lowest BCUT2D eigenvalue weighted by molar-refractivity contribution is -0.126. The molecular formula is C28H25NO. The number of ketones is 1. The number of hydrogen-bond acceptors (Lipinski definition) is 2. The lowest BCUT2D eigenvalue weighted by Crippen LogP contribution is -2.38. The maximum Gasteiger partial charge on any atom is 0.205 e. The average Bonchev–Trinajstić information content (AvgIpc) is 2.94. The molecule has 1 heterocycles. The maximum atomic E-state index is 14.0. The van der Waals surface area contributed by atoms with Crippen molar-refractivity contribution >= 4 is 11.5 Å². The van der Waals surface area contributed by atoms with Crippen LogP contribution in [0.15, 0.2) is 83.9 Å². The molecule has 0 aromatic heterocycles. The number of carbonyl (C=O) groups is 1. The number of Topliss-reactive ketones (excluding diaryl/α,β-unsaturated/α-hetero) is 1. The van der Waals surface area contributed by atoms with Gasteiger partial charge in [-0.05, 0) is 51.0 Å². The largest absolute Gasteiger partial charge is 0.294 e. The van der Waals surface area contributed by atoms with E-state index in [0.29, 0.717) is 0 Å². The topological polar surface area (TPSA) is 29.4 Å². The van der Waals surface area contributed by atoms with Gasteiger partial charge < -0.3 is 0 Å². The van der Waals surface area contributed by atoms with Crippen LogP contribution in [0.4, 0.5) is 0 Å². The highest BCUT2D eigenvalue weighted by molar-refractivity contribution is 6.24. The van der Waals surface area contributed by atoms with Gasteiger partial charge in [-0.3, -0.25) is 9.79 Å². The Morgan fingerprint density at radius 1 is 0.800 bits per heavy atom. The van der Waals surface area contributed by atoms with Crippen LogP contribution in [-0.4, -0.2) is 11.5 Å². The van der Waals surface area contributed by atoms with Gasteiger partial charge in [0.25, 0.3) is 0 Å². The molecule has 2 heteroatoms. The van der Waals surface area contributed by atoms with Gasteiger partial charge in [-0.15, -0.1) is 0 Å². The number of carbonyl (C=O) groups excluding carboxylic acids is 1. The Morgan fingerprint density at radius 3 is 1.97 bits per heavy atom. The highest BCUT2D eigenvalue weighted by Crippen LogP contribution is 2.44. The van der Waals surface area contributed by atoms with Gasteiger partial charge in [0, 0.05) is 5.56 Å². The van der Waals surface area contributed by atoms with Gasteiger partial charge in [-0.25, -0.2) is 0 Å². The van der Waals surface area contributed by atoms with E-state index in [4.69, 9.17) is 4.99 Å². The van der Waals surface area contributed by atoms with Gasteiger partial charge in [-0.2, -0.15) is 0 Å². The molecule has 0 aliphatic carbocycles. The average molecular weight is 392 g/mol. The fraction of sp³-hybridized carbons (Fsp3) is 0.214. The molecule has 1 unspecified atom stereocenters. The first kappa shape index (κ1) is 19.9. The number of hydrogen-bond donors (Lipinski definition) is 0. The normalized spacial score (nSPS) is 19.7. The van der Waals surface area contributed by atoms with E-state index in [1.807, 2.05) is 100 Å². The van der Waals surface area contributed by atoms with Crippen LogP contribution in [0.3, 0.4) is 0 Å². The summed E-state index contributed by atoms with van der Waals surface area (Å²) in [5.74, 6) is 6.54. The molecule has 0 N–H and O–H groups in total. The van der Waals surface area contributed by atoms with Gasteiger partial charge >= 0.3 is 0 Å². The Kier molecular flexibility index (Phi) is 4.92. The Labute approximate surface area is 178 Å². The zero-order valence-electron chi connectivity index (χ0n) is 17.9. The SMILES string of the molecule is Cc1cc(C)cc(C2(C#Cc3ccccc3)N=C(c3ccccc3)C(C)(C)C2=O)c1. The number of aryl methyl sites for hydroxylation is 2. The van der Waals surface area contributed by atoms with Gasteiger partial charge in [0.2, 0.25) is 5.54 Å². The number of nitrogens with zero attached hydrogens (tertiary/aromatic N) is 1. The molecule has 3 aromatic rings. The molecule has 0 saturated heterocycles. The zero-order chi connectivity index (χ0) is 21.4. The molecular weight excluding hydrogens is 366 g/mol. The lowest BCUT2D eigenvalue weighted by atomic mass is 9.74. The number of rotatable bonds is 2. The maximum absolute atomic E-state index is 14.0. The van der Waals surface area contributed by atoms with Crippen LogP contribution >= 0.6 is 0 Å². The minimum Gasteiger partial charge on any atom is -0.294 e. The van der Waals surface area contributed by atoms with Crippen molar-refractivity contribution in [1.82, 2.24) is 0 Å². The van der Waals surface area contributed by atoms with Crippen LogP contribution in [0.25, 0.3) is 0 Å². The third kappa shape index (κ3) is 3.37. The molecule has 30 heavy (non-hydrogen) atoms. The fourth-order valence-electron chi connectivity index (χ4n) is 4.16. The second-order valence-corrected chi connectivity index (χ2v) is 8.48. The van der Waals surface area contributed by atoms with Crippen molar-refractivity contribution in [3.05, 3.63) is 107 Å². The fourth-order valence-corrected chi connectivity index (χ4v) is 4.16. The monoisotopic (exact) mass is 391 g/mol. The van der Waals surface area contributed by atoms with E-state index in [1.54, 1.807) is 0 Å². The second kappa shape index (κ2) is 7.43. The summed E-state index contributed by atoms with van der Waals surface area (Å²) in [6.45, 7) is 7.99. The van der Waals surface area contributed by atoms with Crippen molar-refractivity contribution in [3.8, 4) is 11.8 Å². The lowest BCUT2D eigenvalue weighted by Gasteiger charge is -2.24. The molecule has 0 spiro atoms. The third-order valence-electron chi connectivity index (χ3n) is 5.62. The second-order valence-electron chi connectivity index (χ2n) is 8.48. The Balaban J connectivity index is 1.99. The van der Waals surface area contributed by atoms with Crippen molar-refractivity contribution in [1.29, 1.82) is 0 Å². The van der Waals surface area contributed by atoms with Crippen molar-refractivity contribution < 1.29 is 4.79 Å². The van der Waals surface area contributed by atoms with Crippen LogP contribution in [-0.2, 0) is 10.3 Å². The minimum absolute atomic E-state index is 0.0160. The van der Waals surface area contributed by atoms with E-state index in [1.165, 1.54) is 0 Å². The van der Waals surface area contributed by atoms with Crippen molar-refractivity contribution in [2.24, 2.45) is 10.4 Å². The highest BCUT2D eigenvalue weighted by atomic mass is 16.1. The third-order valence-corrected chi connectivity index (χ3v) is 5.62. The molecule has 2 nitrogen and oxygen atoms in total. The predicted octanol–water partition coefficient (Wildman–Crippen LogP) is 5.65. The van der Waals surface area contributed by atoms with Crippen molar-refractivity contribution in [3.63, 3.8) is 0 Å². The summed E-state index contributed by atoms with van der Waals surface area (Å²) in [6, 6.07) is 25.9. The van der Waals surface area contributed by atoms with Gasteiger partial charge in [0.15, 0.2) is 5.78 Å². The smallest absolute Gasteiger partial charge is 0.205 e. The van der Waals surface area contributed by atoms with Gasteiger partial charge in [-0.1, -0.05) is 89.7 Å². The van der Waals surface area contributed by atoms with Crippen LogP contribution in [0.5, 0.6) is 0 Å². The molecule has 0 bridgehead atoms. The summed E-state index contributed by atoms with van der Waals surface area (Å²) < 4.78 is 0. The quantitative estimate of drug-likeness (QED) is 0.519. The number of aliphatic imine (C=N–C) groups is 1. The summed E-state index contributed by atoms with van der Waals surface area (Å²) in [6.07, 6.45) is 0. The Hall–Kier alpha value is -3.44. The minimum atomic E-state index is -1.22. The van der Waals surface area contributed by atoms with E-state index in [2.05, 4.69) is 17.9 Å². The molecule has 0 fully saturated rings. The van der Waals surface area contributed by atoms with E-state index < -0.39 is 11.0 Å². The molecule has 1 atom stereocenters. The van der Waals surface area contributed by atoms with Crippen LogP contribution in [0, 0.1) is 31.1 Å². The molecule has 0 amide bonds. The summed E-state index contributed by atoms with van der Waals surface area (Å²) >= 11 is 0. The van der Waals surface area contributed by atoms with Crippen molar-refractivity contribution in [2.75, 3.05) is 0 Å². The summed E-state index contributed by atoms with van der Waals surface area (Å²) in [5, 5.41) is 0. The first-order chi connectivity index (χ1) is 14.3. The van der Waals surface area contributed by atoms with E-state index in [9.17, 15) is 4.79 Å². The molecule has 148 valence electrons. The first-order valence-corrected chi connectivity index (χ1v) is 10.2. The molecule has 3 aromatic carbocycles. The predicted molar refractivity (Wildman–Crippen MR) is 123 cm³/mol. The zero-order valence-corrected chi connectivity index (χ0v) is 17.9. The molecule has 0 radical (unpaired) electrons. The summed E-state index contributed by atoms with van der Waals surface area (Å²) in [5.41, 5.74) is 3.69. The molecule has 4 rings (SSSR count). The first-order valence-electron chi connectivity index (χ1n) is 10.2. The Morgan fingerprint density at radius 2 is 1.37 bits per heavy atom. The van der Waals surface area contributed by atoms with Crippen molar-refractivity contribution in [2.45, 2.75) is 33.2 Å². The molecule has 0 saturated carbocycles. The van der Waals surface area contributed by atoms with E-state index in [0.717, 1.165) is 33.5 Å². The van der Waals surface area contributed by atoms with E-state index >= 15 is 0 Å². The molecule has 1 aliphatic heterocycles. The van der Waals surface area contributed by atoms with Crippen LogP contribution < -0.4 is 0 Å². The summed E-state index contributed by atoms with van der Waals surface area (Å²) in [4.78, 5) is 19.0. The summed E-state index contributed by atoms with van der Waals surface area (Å²) in [7, 11) is 0. The number of benzene rings is 3. The van der Waals surface area contributed by atoms with Crippen LogP contribution in [0.2, 0.25) is 0 Å².